The van der Waals surface area contributed by atoms with Gasteiger partial charge in [-0.05, 0) is 61.5 Å². The summed E-state index contributed by atoms with van der Waals surface area (Å²) in [4.78, 5) is 28.5. The lowest BCUT2D eigenvalue weighted by Gasteiger charge is -2.24. The maximum Gasteiger partial charge on any atom is 0.254 e. The molecule has 1 atom stereocenters. The second-order valence-corrected chi connectivity index (χ2v) is 9.09. The molecule has 7 nitrogen and oxygen atoms in total. The van der Waals surface area contributed by atoms with E-state index in [0.717, 1.165) is 28.9 Å². The highest BCUT2D eigenvalue weighted by atomic mass is 16.5. The van der Waals surface area contributed by atoms with Crippen molar-refractivity contribution in [3.63, 3.8) is 0 Å². The van der Waals surface area contributed by atoms with E-state index in [1.54, 1.807) is 0 Å². The van der Waals surface area contributed by atoms with Crippen LogP contribution >= 0.6 is 0 Å². The molecule has 0 unspecified atom stereocenters. The Labute approximate surface area is 205 Å². The highest BCUT2D eigenvalue weighted by molar-refractivity contribution is 5.95. The maximum atomic E-state index is 13.5. The van der Waals surface area contributed by atoms with Crippen molar-refractivity contribution in [2.24, 2.45) is 5.92 Å². The Balaban J connectivity index is 1.32. The minimum atomic E-state index is 0.00705. The van der Waals surface area contributed by atoms with Crippen LogP contribution < -0.4 is 5.32 Å². The molecule has 1 amide bonds. The lowest BCUT2D eigenvalue weighted by atomic mass is 9.95. The van der Waals surface area contributed by atoms with E-state index < -0.39 is 0 Å². The molecule has 2 aromatic carbocycles. The van der Waals surface area contributed by atoms with Gasteiger partial charge in [-0.25, -0.2) is 9.97 Å². The first-order valence-electron chi connectivity index (χ1n) is 11.9. The molecule has 5 rings (SSSR count). The number of nitrogens with one attached hydrogen (secondary N) is 1. The smallest absolute Gasteiger partial charge is 0.254 e. The molecule has 0 radical (unpaired) electrons. The Morgan fingerprint density at radius 1 is 1.09 bits per heavy atom. The molecule has 1 saturated heterocycles. The van der Waals surface area contributed by atoms with Gasteiger partial charge in [0, 0.05) is 59.4 Å². The van der Waals surface area contributed by atoms with E-state index in [2.05, 4.69) is 44.5 Å². The Hall–Kier alpha value is -3.84. The molecule has 1 N–H and O–H groups in total. The summed E-state index contributed by atoms with van der Waals surface area (Å²) >= 11 is 0. The van der Waals surface area contributed by atoms with Crippen LogP contribution in [0.1, 0.15) is 27.3 Å². The normalized spacial score (nSPS) is 16.2. The van der Waals surface area contributed by atoms with E-state index in [1.165, 1.54) is 10.9 Å². The van der Waals surface area contributed by atoms with Gasteiger partial charge in [0.15, 0.2) is 0 Å². The van der Waals surface area contributed by atoms with Gasteiger partial charge in [0.2, 0.25) is 5.95 Å². The van der Waals surface area contributed by atoms with Crippen LogP contribution in [0.25, 0.3) is 10.8 Å². The first-order valence-corrected chi connectivity index (χ1v) is 11.9. The number of anilines is 2. The number of pyridine rings is 1. The molecule has 0 spiro atoms. The van der Waals surface area contributed by atoms with Gasteiger partial charge in [0.25, 0.3) is 5.91 Å². The fourth-order valence-corrected chi connectivity index (χ4v) is 4.69. The second kappa shape index (κ2) is 10.2. The van der Waals surface area contributed by atoms with Crippen LogP contribution in [0.4, 0.5) is 11.6 Å². The largest absolute Gasteiger partial charge is 0.379 e. The van der Waals surface area contributed by atoms with E-state index in [0.29, 0.717) is 37.8 Å². The fraction of sp³-hybridized carbons (Fsp3) is 0.286. The molecule has 0 aliphatic carbocycles. The van der Waals surface area contributed by atoms with Crippen LogP contribution in [0.5, 0.6) is 0 Å². The number of carbonyl (C=O) groups is 1. The van der Waals surface area contributed by atoms with Crippen LogP contribution in [-0.4, -0.2) is 52.1 Å². The van der Waals surface area contributed by atoms with Crippen LogP contribution in [0, 0.1) is 19.8 Å². The summed E-state index contributed by atoms with van der Waals surface area (Å²) in [7, 11) is 0. The molecule has 4 aromatic rings. The van der Waals surface area contributed by atoms with Crippen molar-refractivity contribution >= 4 is 28.3 Å². The third kappa shape index (κ3) is 5.46. The average Bonchev–Trinajstić information content (AvgIpc) is 3.09. The van der Waals surface area contributed by atoms with E-state index in [-0.39, 0.29) is 11.8 Å². The number of carbonyl (C=O) groups excluding carboxylic acids is 1. The Morgan fingerprint density at radius 3 is 2.77 bits per heavy atom. The molecule has 178 valence electrons. The first-order chi connectivity index (χ1) is 17.0. The van der Waals surface area contributed by atoms with Crippen LogP contribution in [-0.2, 0) is 11.2 Å². The third-order valence-electron chi connectivity index (χ3n) is 6.25. The topological polar surface area (TPSA) is 80.2 Å². The highest BCUT2D eigenvalue weighted by Crippen LogP contribution is 2.23. The van der Waals surface area contributed by atoms with Crippen LogP contribution in [0.15, 0.2) is 67.0 Å². The van der Waals surface area contributed by atoms with E-state index in [4.69, 9.17) is 4.74 Å². The van der Waals surface area contributed by atoms with E-state index in [9.17, 15) is 4.79 Å². The zero-order valence-electron chi connectivity index (χ0n) is 20.1. The van der Waals surface area contributed by atoms with E-state index >= 15 is 0 Å². The van der Waals surface area contributed by atoms with Gasteiger partial charge in [-0.15, -0.1) is 0 Å². The Kier molecular flexibility index (Phi) is 6.68. The van der Waals surface area contributed by atoms with Crippen molar-refractivity contribution in [2.75, 3.05) is 31.6 Å². The fourth-order valence-electron chi connectivity index (χ4n) is 4.69. The van der Waals surface area contributed by atoms with Gasteiger partial charge in [-0.1, -0.05) is 24.3 Å². The van der Waals surface area contributed by atoms with Gasteiger partial charge >= 0.3 is 0 Å². The SMILES string of the molecule is Cc1cc(C)nc(Nc2cccc(C(=O)N3CCOC[C@@H](Cc4cccc5cnccc45)C3)c2)n1. The summed E-state index contributed by atoms with van der Waals surface area (Å²) in [6.45, 7) is 6.28. The number of fused-ring (bicyclic) bond motifs is 1. The Morgan fingerprint density at radius 2 is 1.91 bits per heavy atom. The summed E-state index contributed by atoms with van der Waals surface area (Å²) in [6.07, 6.45) is 4.56. The standard InChI is InChI=1S/C28H29N5O2/c1-19-13-20(2)31-28(30-19)32-25-8-4-6-23(15-25)27(34)33-11-12-35-18-21(17-33)14-22-5-3-7-24-16-29-10-9-26(22)24/h3-10,13,15-16,21H,11-12,14,17-18H2,1-2H3,(H,30,31,32)/t21-/m0/s1. The highest BCUT2D eigenvalue weighted by Gasteiger charge is 2.24. The summed E-state index contributed by atoms with van der Waals surface area (Å²) in [5, 5.41) is 5.57. The minimum absolute atomic E-state index is 0.00705. The number of ether oxygens (including phenoxy) is 1. The predicted molar refractivity (Wildman–Crippen MR) is 137 cm³/mol. The lowest BCUT2D eigenvalue weighted by molar-refractivity contribution is 0.0737. The van der Waals surface area contributed by atoms with Crippen molar-refractivity contribution in [3.05, 3.63) is 89.5 Å². The molecule has 35 heavy (non-hydrogen) atoms. The molecular formula is C28H29N5O2. The van der Waals surface area contributed by atoms with Crippen LogP contribution in [0.3, 0.4) is 0 Å². The number of hydrogen-bond donors (Lipinski definition) is 1. The quantitative estimate of drug-likeness (QED) is 0.458. The molecule has 3 heterocycles. The third-order valence-corrected chi connectivity index (χ3v) is 6.25. The van der Waals surface area contributed by atoms with Gasteiger partial charge in [0.05, 0.1) is 13.2 Å². The van der Waals surface area contributed by atoms with Gasteiger partial charge in [-0.2, -0.15) is 0 Å². The van der Waals surface area contributed by atoms with Gasteiger partial charge in [0.1, 0.15) is 0 Å². The molecule has 2 aromatic heterocycles. The second-order valence-electron chi connectivity index (χ2n) is 9.09. The number of nitrogens with zero attached hydrogens (tertiary/aromatic N) is 4. The average molecular weight is 468 g/mol. The monoisotopic (exact) mass is 467 g/mol. The van der Waals surface area contributed by atoms with Crippen LogP contribution in [0.2, 0.25) is 0 Å². The number of hydrogen-bond acceptors (Lipinski definition) is 6. The molecule has 1 aliphatic heterocycles. The zero-order valence-corrected chi connectivity index (χ0v) is 20.1. The maximum absolute atomic E-state index is 13.5. The van der Waals surface area contributed by atoms with Crippen molar-refractivity contribution in [1.29, 1.82) is 0 Å². The summed E-state index contributed by atoms with van der Waals surface area (Å²) < 4.78 is 5.90. The first kappa shape index (κ1) is 22.9. The number of amides is 1. The zero-order chi connectivity index (χ0) is 24.2. The summed E-state index contributed by atoms with van der Waals surface area (Å²) in [6, 6.07) is 17.8. The molecule has 7 heteroatoms. The predicted octanol–water partition coefficient (Wildman–Crippen LogP) is 4.72. The van der Waals surface area contributed by atoms with Crippen molar-refractivity contribution in [1.82, 2.24) is 19.9 Å². The lowest BCUT2D eigenvalue weighted by Crippen LogP contribution is -2.36. The molecule has 0 bridgehead atoms. The van der Waals surface area contributed by atoms with E-state index in [1.807, 2.05) is 61.5 Å². The van der Waals surface area contributed by atoms with Crippen molar-refractivity contribution in [2.45, 2.75) is 20.3 Å². The van der Waals surface area contributed by atoms with Gasteiger partial charge in [-0.3, -0.25) is 9.78 Å². The number of aromatic nitrogens is 3. The molecule has 1 aliphatic rings. The van der Waals surface area contributed by atoms with Crippen molar-refractivity contribution in [3.8, 4) is 0 Å². The van der Waals surface area contributed by atoms with Crippen molar-refractivity contribution < 1.29 is 9.53 Å². The summed E-state index contributed by atoms with van der Waals surface area (Å²) in [5.41, 5.74) is 4.46. The number of aryl methyl sites for hydroxylation is 2. The Bertz CT molecular complexity index is 1330. The number of benzene rings is 2. The number of rotatable bonds is 5. The molecule has 0 saturated carbocycles. The minimum Gasteiger partial charge on any atom is -0.379 e. The molecular weight excluding hydrogens is 438 g/mol. The van der Waals surface area contributed by atoms with Gasteiger partial charge < -0.3 is 15.0 Å². The molecule has 1 fully saturated rings. The summed E-state index contributed by atoms with van der Waals surface area (Å²) in [5.74, 6) is 0.749.